The standard InChI is InChI=1S/C15H20N2O3/c1-11-3-4-13(20-2)12(9-11)10-15(19)17-7-5-14(18)16-6-8-17/h3-4,9H,5-8,10H2,1-2H3,(H,16,18). The predicted octanol–water partition coefficient (Wildman–Crippen LogP) is 0.895. The molecule has 1 aliphatic heterocycles. The lowest BCUT2D eigenvalue weighted by Crippen LogP contribution is -2.35. The fourth-order valence-electron chi connectivity index (χ4n) is 2.34. The summed E-state index contributed by atoms with van der Waals surface area (Å²) in [5.74, 6) is 0.770. The number of hydrogen-bond acceptors (Lipinski definition) is 3. The van der Waals surface area contributed by atoms with E-state index < -0.39 is 0 Å². The molecule has 1 aromatic carbocycles. The molecule has 0 saturated carbocycles. The molecule has 0 unspecified atom stereocenters. The first kappa shape index (κ1) is 14.4. The van der Waals surface area contributed by atoms with E-state index in [0.29, 0.717) is 32.5 Å². The van der Waals surface area contributed by atoms with Gasteiger partial charge in [0.15, 0.2) is 0 Å². The molecule has 1 aliphatic rings. The van der Waals surface area contributed by atoms with Crippen LogP contribution < -0.4 is 10.1 Å². The zero-order chi connectivity index (χ0) is 14.5. The number of ether oxygens (including phenoxy) is 1. The van der Waals surface area contributed by atoms with Crippen LogP contribution in [0.25, 0.3) is 0 Å². The van der Waals surface area contributed by atoms with Crippen molar-refractivity contribution >= 4 is 11.8 Å². The third-order valence-electron chi connectivity index (χ3n) is 3.44. The number of hydrogen-bond donors (Lipinski definition) is 1. The number of carbonyl (C=O) groups excluding carboxylic acids is 2. The fraction of sp³-hybridized carbons (Fsp3) is 0.467. The maximum atomic E-state index is 12.3. The van der Waals surface area contributed by atoms with Crippen molar-refractivity contribution in [3.05, 3.63) is 29.3 Å². The molecule has 0 atom stereocenters. The van der Waals surface area contributed by atoms with Crippen molar-refractivity contribution in [3.63, 3.8) is 0 Å². The highest BCUT2D eigenvalue weighted by Gasteiger charge is 2.19. The molecule has 5 nitrogen and oxygen atoms in total. The van der Waals surface area contributed by atoms with Crippen LogP contribution in [-0.4, -0.2) is 43.5 Å². The smallest absolute Gasteiger partial charge is 0.227 e. The Morgan fingerprint density at radius 1 is 1.40 bits per heavy atom. The van der Waals surface area contributed by atoms with Crippen molar-refractivity contribution in [1.29, 1.82) is 0 Å². The monoisotopic (exact) mass is 276 g/mol. The van der Waals surface area contributed by atoms with Gasteiger partial charge in [-0.1, -0.05) is 17.7 Å². The molecule has 5 heteroatoms. The molecule has 0 aromatic heterocycles. The second-order valence-corrected chi connectivity index (χ2v) is 4.97. The highest BCUT2D eigenvalue weighted by molar-refractivity contribution is 5.82. The quantitative estimate of drug-likeness (QED) is 0.892. The lowest BCUT2D eigenvalue weighted by molar-refractivity contribution is -0.130. The maximum Gasteiger partial charge on any atom is 0.227 e. The molecule has 1 N–H and O–H groups in total. The Morgan fingerprint density at radius 3 is 2.95 bits per heavy atom. The van der Waals surface area contributed by atoms with Gasteiger partial charge in [-0.15, -0.1) is 0 Å². The summed E-state index contributed by atoms with van der Waals surface area (Å²) < 4.78 is 5.29. The van der Waals surface area contributed by atoms with Gasteiger partial charge in [0.1, 0.15) is 5.75 Å². The molecule has 2 amide bonds. The van der Waals surface area contributed by atoms with Gasteiger partial charge in [-0.05, 0) is 13.0 Å². The summed E-state index contributed by atoms with van der Waals surface area (Å²) in [5.41, 5.74) is 1.99. The third-order valence-corrected chi connectivity index (χ3v) is 3.44. The lowest BCUT2D eigenvalue weighted by atomic mass is 10.1. The summed E-state index contributed by atoms with van der Waals surface area (Å²) in [6.45, 7) is 3.56. The Bertz CT molecular complexity index is 514. The molecular weight excluding hydrogens is 256 g/mol. The Hall–Kier alpha value is -2.04. The van der Waals surface area contributed by atoms with Gasteiger partial charge in [-0.3, -0.25) is 9.59 Å². The van der Waals surface area contributed by atoms with Crippen LogP contribution in [0.3, 0.4) is 0 Å². The van der Waals surface area contributed by atoms with E-state index in [4.69, 9.17) is 4.74 Å². The van der Waals surface area contributed by atoms with E-state index in [9.17, 15) is 9.59 Å². The number of nitrogens with zero attached hydrogens (tertiary/aromatic N) is 1. The Labute approximate surface area is 118 Å². The van der Waals surface area contributed by atoms with Crippen molar-refractivity contribution in [2.24, 2.45) is 0 Å². The summed E-state index contributed by atoms with van der Waals surface area (Å²) in [4.78, 5) is 25.4. The summed E-state index contributed by atoms with van der Waals surface area (Å²) in [6, 6.07) is 5.81. The maximum absolute atomic E-state index is 12.3. The van der Waals surface area contributed by atoms with Crippen molar-refractivity contribution in [3.8, 4) is 5.75 Å². The first-order valence-corrected chi connectivity index (χ1v) is 6.78. The van der Waals surface area contributed by atoms with E-state index in [1.54, 1.807) is 12.0 Å². The van der Waals surface area contributed by atoms with E-state index >= 15 is 0 Å². The molecule has 20 heavy (non-hydrogen) atoms. The van der Waals surface area contributed by atoms with Gasteiger partial charge in [0.2, 0.25) is 11.8 Å². The van der Waals surface area contributed by atoms with Gasteiger partial charge in [-0.2, -0.15) is 0 Å². The largest absolute Gasteiger partial charge is 0.496 e. The number of rotatable bonds is 3. The van der Waals surface area contributed by atoms with Gasteiger partial charge < -0.3 is 15.0 Å². The number of carbonyl (C=O) groups is 2. The summed E-state index contributed by atoms with van der Waals surface area (Å²) in [6.07, 6.45) is 0.676. The van der Waals surface area contributed by atoms with Crippen LogP contribution in [0.4, 0.5) is 0 Å². The molecule has 1 aromatic rings. The molecule has 0 spiro atoms. The van der Waals surface area contributed by atoms with Crippen LogP contribution in [0.5, 0.6) is 5.75 Å². The molecule has 0 bridgehead atoms. The number of benzene rings is 1. The van der Waals surface area contributed by atoms with E-state index in [2.05, 4.69) is 5.32 Å². The highest BCUT2D eigenvalue weighted by Crippen LogP contribution is 2.21. The second kappa shape index (κ2) is 6.41. The molecule has 108 valence electrons. The lowest BCUT2D eigenvalue weighted by Gasteiger charge is -2.20. The molecule has 0 radical (unpaired) electrons. The molecule has 1 saturated heterocycles. The SMILES string of the molecule is COc1ccc(C)cc1CC(=O)N1CCNC(=O)CC1. The van der Waals surface area contributed by atoms with Gasteiger partial charge in [-0.25, -0.2) is 0 Å². The number of nitrogens with one attached hydrogen (secondary N) is 1. The minimum atomic E-state index is 0.00781. The average Bonchev–Trinajstić information content (AvgIpc) is 2.64. The van der Waals surface area contributed by atoms with Crippen LogP contribution in [0.2, 0.25) is 0 Å². The Balaban J connectivity index is 2.07. The molecule has 1 heterocycles. The van der Waals surface area contributed by atoms with Crippen LogP contribution in [0, 0.1) is 6.92 Å². The van der Waals surface area contributed by atoms with Gasteiger partial charge in [0, 0.05) is 31.6 Å². The van der Waals surface area contributed by atoms with Crippen LogP contribution in [-0.2, 0) is 16.0 Å². The van der Waals surface area contributed by atoms with Gasteiger partial charge in [0.25, 0.3) is 0 Å². The van der Waals surface area contributed by atoms with Gasteiger partial charge >= 0.3 is 0 Å². The topological polar surface area (TPSA) is 58.6 Å². The van der Waals surface area contributed by atoms with E-state index in [-0.39, 0.29) is 11.8 Å². The average molecular weight is 276 g/mol. The van der Waals surface area contributed by atoms with Crippen molar-refractivity contribution < 1.29 is 14.3 Å². The van der Waals surface area contributed by atoms with Gasteiger partial charge in [0.05, 0.1) is 13.5 Å². The van der Waals surface area contributed by atoms with Crippen molar-refractivity contribution in [2.45, 2.75) is 19.8 Å². The number of aryl methyl sites for hydroxylation is 1. The number of methoxy groups -OCH3 is 1. The zero-order valence-electron chi connectivity index (χ0n) is 11.9. The predicted molar refractivity (Wildman–Crippen MR) is 75.6 cm³/mol. The van der Waals surface area contributed by atoms with E-state index in [0.717, 1.165) is 16.9 Å². The molecule has 1 fully saturated rings. The summed E-state index contributed by atoms with van der Waals surface area (Å²) in [5, 5.41) is 2.77. The Kier molecular flexibility index (Phi) is 4.61. The Morgan fingerprint density at radius 2 is 2.20 bits per heavy atom. The highest BCUT2D eigenvalue weighted by atomic mass is 16.5. The minimum Gasteiger partial charge on any atom is -0.496 e. The molecule has 0 aliphatic carbocycles. The first-order chi connectivity index (χ1) is 9.60. The molecule has 2 rings (SSSR count). The van der Waals surface area contributed by atoms with Crippen molar-refractivity contribution in [2.75, 3.05) is 26.7 Å². The second-order valence-electron chi connectivity index (χ2n) is 4.97. The minimum absolute atomic E-state index is 0.00781. The zero-order valence-corrected chi connectivity index (χ0v) is 11.9. The van der Waals surface area contributed by atoms with Crippen LogP contribution >= 0.6 is 0 Å². The normalized spacial score (nSPS) is 15.5. The first-order valence-electron chi connectivity index (χ1n) is 6.78. The summed E-state index contributed by atoms with van der Waals surface area (Å²) >= 11 is 0. The fourth-order valence-corrected chi connectivity index (χ4v) is 2.34. The number of amides is 2. The summed E-state index contributed by atoms with van der Waals surface area (Å²) in [7, 11) is 1.60. The van der Waals surface area contributed by atoms with E-state index in [1.807, 2.05) is 25.1 Å². The van der Waals surface area contributed by atoms with Crippen LogP contribution in [0.1, 0.15) is 17.5 Å². The molecular formula is C15H20N2O3. The third kappa shape index (κ3) is 3.50. The van der Waals surface area contributed by atoms with Crippen molar-refractivity contribution in [1.82, 2.24) is 10.2 Å². The van der Waals surface area contributed by atoms with E-state index in [1.165, 1.54) is 0 Å². The van der Waals surface area contributed by atoms with Crippen LogP contribution in [0.15, 0.2) is 18.2 Å².